The first kappa shape index (κ1) is 21.0. The molecule has 0 aromatic heterocycles. The Bertz CT molecular complexity index is 800. The Kier molecular flexibility index (Phi) is 7.38. The fourth-order valence-electron chi connectivity index (χ4n) is 3.53. The number of carbonyl (C=O) groups excluding carboxylic acids is 2. The fraction of sp³-hybridized carbons (Fsp3) is 0.391. The Labute approximate surface area is 172 Å². The number of ether oxygens (including phenoxy) is 1. The lowest BCUT2D eigenvalue weighted by atomic mass is 10.1. The van der Waals surface area contributed by atoms with Crippen LogP contribution in [0.4, 0.5) is 0 Å². The van der Waals surface area contributed by atoms with E-state index in [2.05, 4.69) is 39.4 Å². The topological polar surface area (TPSA) is 61.9 Å². The highest BCUT2D eigenvalue weighted by Gasteiger charge is 2.25. The summed E-state index contributed by atoms with van der Waals surface area (Å²) in [5.41, 5.74) is 2.78. The minimum absolute atomic E-state index is 0.0264. The van der Waals surface area contributed by atoms with Gasteiger partial charge in [-0.15, -0.1) is 0 Å². The van der Waals surface area contributed by atoms with Gasteiger partial charge in [-0.3, -0.25) is 14.6 Å². The third-order valence-corrected chi connectivity index (χ3v) is 5.42. The maximum Gasteiger partial charge on any atom is 0.337 e. The van der Waals surface area contributed by atoms with Crippen molar-refractivity contribution in [2.24, 2.45) is 0 Å². The molecule has 2 aromatic carbocycles. The summed E-state index contributed by atoms with van der Waals surface area (Å²) in [4.78, 5) is 28.7. The van der Waals surface area contributed by atoms with Crippen molar-refractivity contribution < 1.29 is 14.3 Å². The van der Waals surface area contributed by atoms with Crippen LogP contribution in [0.5, 0.6) is 0 Å². The minimum Gasteiger partial charge on any atom is -0.465 e. The van der Waals surface area contributed by atoms with Crippen molar-refractivity contribution in [3.05, 3.63) is 71.3 Å². The average molecular weight is 396 g/mol. The van der Waals surface area contributed by atoms with Crippen LogP contribution >= 0.6 is 0 Å². The molecule has 1 fully saturated rings. The number of rotatable bonds is 7. The Balaban J connectivity index is 1.43. The van der Waals surface area contributed by atoms with Gasteiger partial charge in [-0.1, -0.05) is 42.5 Å². The van der Waals surface area contributed by atoms with E-state index in [1.54, 1.807) is 12.1 Å². The first-order valence-electron chi connectivity index (χ1n) is 10.0. The molecule has 1 unspecified atom stereocenters. The minimum atomic E-state index is -0.361. The third-order valence-electron chi connectivity index (χ3n) is 5.42. The molecule has 0 aliphatic carbocycles. The Morgan fingerprint density at radius 1 is 0.966 bits per heavy atom. The number of carbonyl (C=O) groups is 2. The van der Waals surface area contributed by atoms with Gasteiger partial charge >= 0.3 is 5.97 Å². The second kappa shape index (κ2) is 10.2. The summed E-state index contributed by atoms with van der Waals surface area (Å²) in [6, 6.07) is 17.4. The predicted molar refractivity (Wildman–Crippen MR) is 112 cm³/mol. The summed E-state index contributed by atoms with van der Waals surface area (Å²) >= 11 is 0. The molecule has 0 spiro atoms. The SMILES string of the molecule is COC(=O)c1ccc(CNC(=O)C(C)N2CCN(Cc3ccccc3)CC2)cc1. The maximum atomic E-state index is 12.6. The van der Waals surface area contributed by atoms with Gasteiger partial charge in [0, 0.05) is 39.3 Å². The first-order chi connectivity index (χ1) is 14.1. The number of benzene rings is 2. The standard InChI is InChI=1S/C23H29N3O3/c1-18(22(27)24-16-19-8-10-21(11-9-19)23(28)29-2)26-14-12-25(13-15-26)17-20-6-4-3-5-7-20/h3-11,18H,12-17H2,1-2H3,(H,24,27). The van der Waals surface area contributed by atoms with Crippen LogP contribution in [0, 0.1) is 0 Å². The lowest BCUT2D eigenvalue weighted by Gasteiger charge is -2.37. The molecule has 2 aromatic rings. The molecule has 1 N–H and O–H groups in total. The van der Waals surface area contributed by atoms with E-state index in [-0.39, 0.29) is 17.9 Å². The van der Waals surface area contributed by atoms with E-state index in [4.69, 9.17) is 4.74 Å². The zero-order valence-electron chi connectivity index (χ0n) is 17.1. The van der Waals surface area contributed by atoms with Crippen molar-refractivity contribution in [3.8, 4) is 0 Å². The number of methoxy groups -OCH3 is 1. The highest BCUT2D eigenvalue weighted by atomic mass is 16.5. The summed E-state index contributed by atoms with van der Waals surface area (Å²) in [5, 5.41) is 3.00. The van der Waals surface area contributed by atoms with E-state index >= 15 is 0 Å². The van der Waals surface area contributed by atoms with Gasteiger partial charge in [0.1, 0.15) is 0 Å². The van der Waals surface area contributed by atoms with Crippen LogP contribution in [0.15, 0.2) is 54.6 Å². The summed E-state index contributed by atoms with van der Waals surface area (Å²) in [7, 11) is 1.36. The van der Waals surface area contributed by atoms with Gasteiger partial charge < -0.3 is 10.1 Å². The lowest BCUT2D eigenvalue weighted by molar-refractivity contribution is -0.126. The summed E-state index contributed by atoms with van der Waals surface area (Å²) < 4.78 is 4.70. The van der Waals surface area contributed by atoms with Gasteiger partial charge in [-0.05, 0) is 30.2 Å². The summed E-state index contributed by atoms with van der Waals surface area (Å²) in [5.74, 6) is -0.334. The van der Waals surface area contributed by atoms with E-state index in [1.165, 1.54) is 12.7 Å². The van der Waals surface area contributed by atoms with Gasteiger partial charge in [0.25, 0.3) is 0 Å². The Hall–Kier alpha value is -2.70. The molecule has 0 radical (unpaired) electrons. The van der Waals surface area contributed by atoms with Gasteiger partial charge in [0.15, 0.2) is 0 Å². The lowest BCUT2D eigenvalue weighted by Crippen LogP contribution is -2.53. The molecule has 29 heavy (non-hydrogen) atoms. The van der Waals surface area contributed by atoms with Crippen molar-refractivity contribution in [3.63, 3.8) is 0 Å². The van der Waals surface area contributed by atoms with Crippen LogP contribution in [0.3, 0.4) is 0 Å². The average Bonchev–Trinajstić information content (AvgIpc) is 2.78. The molecular weight excluding hydrogens is 366 g/mol. The summed E-state index contributed by atoms with van der Waals surface area (Å²) in [6.45, 7) is 7.05. The van der Waals surface area contributed by atoms with E-state index in [1.807, 2.05) is 25.1 Å². The van der Waals surface area contributed by atoms with Crippen molar-refractivity contribution in [2.75, 3.05) is 33.3 Å². The van der Waals surface area contributed by atoms with Gasteiger partial charge in [-0.25, -0.2) is 4.79 Å². The van der Waals surface area contributed by atoms with E-state index < -0.39 is 0 Å². The zero-order valence-corrected chi connectivity index (χ0v) is 17.1. The molecule has 1 aliphatic rings. The zero-order chi connectivity index (χ0) is 20.6. The highest BCUT2D eigenvalue weighted by Crippen LogP contribution is 2.11. The molecular formula is C23H29N3O3. The predicted octanol–water partition coefficient (Wildman–Crippen LogP) is 2.30. The number of hydrogen-bond donors (Lipinski definition) is 1. The smallest absolute Gasteiger partial charge is 0.337 e. The third kappa shape index (κ3) is 5.89. The number of amides is 1. The molecule has 1 saturated heterocycles. The first-order valence-corrected chi connectivity index (χ1v) is 10.0. The molecule has 1 amide bonds. The summed E-state index contributed by atoms with van der Waals surface area (Å²) in [6.07, 6.45) is 0. The molecule has 0 saturated carbocycles. The molecule has 154 valence electrons. The number of hydrogen-bond acceptors (Lipinski definition) is 5. The molecule has 0 bridgehead atoms. The normalized spacial score (nSPS) is 16.2. The van der Waals surface area contributed by atoms with Crippen LogP contribution in [-0.2, 0) is 22.6 Å². The molecule has 1 aliphatic heterocycles. The highest BCUT2D eigenvalue weighted by molar-refractivity contribution is 5.89. The van der Waals surface area contributed by atoms with Crippen LogP contribution in [0.2, 0.25) is 0 Å². The number of piperazine rings is 1. The van der Waals surface area contributed by atoms with Crippen LogP contribution in [0.1, 0.15) is 28.4 Å². The quantitative estimate of drug-likeness (QED) is 0.729. The van der Waals surface area contributed by atoms with Crippen LogP contribution in [-0.4, -0.2) is 61.0 Å². The fourth-order valence-corrected chi connectivity index (χ4v) is 3.53. The Morgan fingerprint density at radius 2 is 1.62 bits per heavy atom. The molecule has 3 rings (SSSR count). The van der Waals surface area contributed by atoms with E-state index in [0.29, 0.717) is 12.1 Å². The number of esters is 1. The van der Waals surface area contributed by atoms with Crippen molar-refractivity contribution in [1.82, 2.24) is 15.1 Å². The monoisotopic (exact) mass is 395 g/mol. The van der Waals surface area contributed by atoms with Crippen molar-refractivity contribution in [1.29, 1.82) is 0 Å². The Morgan fingerprint density at radius 3 is 2.24 bits per heavy atom. The molecule has 6 nitrogen and oxygen atoms in total. The number of nitrogens with one attached hydrogen (secondary N) is 1. The molecule has 6 heteroatoms. The molecule has 1 heterocycles. The van der Waals surface area contributed by atoms with Crippen molar-refractivity contribution in [2.45, 2.75) is 26.1 Å². The molecule has 1 atom stereocenters. The second-order valence-electron chi connectivity index (χ2n) is 7.38. The number of nitrogens with zero attached hydrogens (tertiary/aromatic N) is 2. The van der Waals surface area contributed by atoms with Gasteiger partial charge in [0.05, 0.1) is 18.7 Å². The van der Waals surface area contributed by atoms with E-state index in [0.717, 1.165) is 38.3 Å². The van der Waals surface area contributed by atoms with Gasteiger partial charge in [-0.2, -0.15) is 0 Å². The van der Waals surface area contributed by atoms with Crippen LogP contribution < -0.4 is 5.32 Å². The van der Waals surface area contributed by atoms with Crippen LogP contribution in [0.25, 0.3) is 0 Å². The van der Waals surface area contributed by atoms with Crippen molar-refractivity contribution >= 4 is 11.9 Å². The van der Waals surface area contributed by atoms with E-state index in [9.17, 15) is 9.59 Å². The van der Waals surface area contributed by atoms with Gasteiger partial charge in [0.2, 0.25) is 5.91 Å². The second-order valence-corrected chi connectivity index (χ2v) is 7.38. The largest absolute Gasteiger partial charge is 0.465 e. The maximum absolute atomic E-state index is 12.6.